The number of pyridine rings is 1. The standard InChI is InChI=1S/C16H19N5S.HI/c1-12-6-8-22-14(12)10-19-16(17-2)18-9-13-11-21-7-4-3-5-15(21)20-13;/h3-8,11H,9-10H2,1-2H3,(H2,17,18,19);1H. The largest absolute Gasteiger partial charge is 0.352 e. The first-order valence-corrected chi connectivity index (χ1v) is 8.04. The third-order valence-corrected chi connectivity index (χ3v) is 4.48. The Morgan fingerprint density at radius 2 is 2.09 bits per heavy atom. The number of thiophene rings is 1. The molecule has 0 aliphatic heterocycles. The van der Waals surface area contributed by atoms with Gasteiger partial charge in [-0.1, -0.05) is 6.07 Å². The van der Waals surface area contributed by atoms with Crippen LogP contribution in [0.3, 0.4) is 0 Å². The summed E-state index contributed by atoms with van der Waals surface area (Å²) in [6.07, 6.45) is 4.03. The minimum absolute atomic E-state index is 0. The Balaban J connectivity index is 0.00000192. The van der Waals surface area contributed by atoms with Crippen molar-refractivity contribution in [1.82, 2.24) is 20.0 Å². The number of imidazole rings is 1. The van der Waals surface area contributed by atoms with Crippen molar-refractivity contribution in [3.05, 3.63) is 58.2 Å². The lowest BCUT2D eigenvalue weighted by Gasteiger charge is -2.10. The monoisotopic (exact) mass is 441 g/mol. The maximum Gasteiger partial charge on any atom is 0.191 e. The van der Waals surface area contributed by atoms with E-state index in [1.165, 1.54) is 10.4 Å². The number of nitrogens with one attached hydrogen (secondary N) is 2. The van der Waals surface area contributed by atoms with Crippen molar-refractivity contribution in [1.29, 1.82) is 0 Å². The molecule has 0 aliphatic rings. The van der Waals surface area contributed by atoms with Gasteiger partial charge in [0.25, 0.3) is 0 Å². The average molecular weight is 441 g/mol. The van der Waals surface area contributed by atoms with Crippen LogP contribution in [-0.4, -0.2) is 22.4 Å². The SMILES string of the molecule is CN=C(NCc1cn2ccccc2n1)NCc1sccc1C.I. The molecule has 3 rings (SSSR count). The summed E-state index contributed by atoms with van der Waals surface area (Å²) in [6, 6.07) is 8.11. The number of hydrogen-bond donors (Lipinski definition) is 2. The highest BCUT2D eigenvalue weighted by molar-refractivity contribution is 14.0. The number of nitrogens with zero attached hydrogens (tertiary/aromatic N) is 3. The van der Waals surface area contributed by atoms with Crippen molar-refractivity contribution in [2.75, 3.05) is 7.05 Å². The van der Waals surface area contributed by atoms with E-state index >= 15 is 0 Å². The van der Waals surface area contributed by atoms with Crippen LogP contribution in [0.15, 0.2) is 47.0 Å². The van der Waals surface area contributed by atoms with Crippen molar-refractivity contribution in [3.8, 4) is 0 Å². The van der Waals surface area contributed by atoms with Gasteiger partial charge in [-0.2, -0.15) is 0 Å². The molecular weight excluding hydrogens is 421 g/mol. The molecule has 7 heteroatoms. The fourth-order valence-electron chi connectivity index (χ4n) is 2.22. The average Bonchev–Trinajstić information content (AvgIpc) is 3.13. The van der Waals surface area contributed by atoms with Gasteiger partial charge in [0.1, 0.15) is 5.65 Å². The van der Waals surface area contributed by atoms with E-state index in [2.05, 4.69) is 39.0 Å². The fourth-order valence-corrected chi connectivity index (χ4v) is 3.06. The van der Waals surface area contributed by atoms with E-state index in [0.717, 1.165) is 23.8 Å². The molecule has 3 heterocycles. The van der Waals surface area contributed by atoms with Crippen LogP contribution in [0.2, 0.25) is 0 Å². The lowest BCUT2D eigenvalue weighted by Crippen LogP contribution is -2.36. The molecule has 0 spiro atoms. The number of halogens is 1. The molecule has 3 aromatic rings. The van der Waals surface area contributed by atoms with Crippen LogP contribution >= 0.6 is 35.3 Å². The molecule has 23 heavy (non-hydrogen) atoms. The van der Waals surface area contributed by atoms with E-state index in [9.17, 15) is 0 Å². The molecule has 0 aromatic carbocycles. The summed E-state index contributed by atoms with van der Waals surface area (Å²) in [5, 5.41) is 8.74. The van der Waals surface area contributed by atoms with E-state index in [0.29, 0.717) is 6.54 Å². The van der Waals surface area contributed by atoms with Gasteiger partial charge in [0.05, 0.1) is 18.8 Å². The molecule has 5 nitrogen and oxygen atoms in total. The minimum atomic E-state index is 0. The predicted octanol–water partition coefficient (Wildman–Crippen LogP) is 3.19. The van der Waals surface area contributed by atoms with E-state index in [-0.39, 0.29) is 24.0 Å². The summed E-state index contributed by atoms with van der Waals surface area (Å²) in [5.41, 5.74) is 3.26. The highest BCUT2D eigenvalue weighted by Crippen LogP contribution is 2.14. The Hall–Kier alpha value is -1.61. The van der Waals surface area contributed by atoms with Gasteiger partial charge in [-0.15, -0.1) is 35.3 Å². The number of guanidine groups is 1. The van der Waals surface area contributed by atoms with Crippen molar-refractivity contribution in [3.63, 3.8) is 0 Å². The molecule has 0 bridgehead atoms. The van der Waals surface area contributed by atoms with Crippen molar-refractivity contribution in [2.45, 2.75) is 20.0 Å². The Morgan fingerprint density at radius 3 is 2.78 bits per heavy atom. The summed E-state index contributed by atoms with van der Waals surface area (Å²) in [6.45, 7) is 3.56. The van der Waals surface area contributed by atoms with Crippen molar-refractivity contribution in [2.24, 2.45) is 4.99 Å². The Bertz CT molecular complexity index is 759. The van der Waals surface area contributed by atoms with Crippen LogP contribution in [0.1, 0.15) is 16.1 Å². The highest BCUT2D eigenvalue weighted by Gasteiger charge is 2.04. The third kappa shape index (κ3) is 4.44. The second kappa shape index (κ2) is 8.30. The molecule has 2 N–H and O–H groups in total. The molecule has 0 fully saturated rings. The third-order valence-electron chi connectivity index (χ3n) is 3.46. The Kier molecular flexibility index (Phi) is 6.40. The summed E-state index contributed by atoms with van der Waals surface area (Å²) >= 11 is 1.76. The van der Waals surface area contributed by atoms with Gasteiger partial charge in [0, 0.05) is 24.3 Å². The first-order chi connectivity index (χ1) is 10.8. The number of fused-ring (bicyclic) bond motifs is 1. The quantitative estimate of drug-likeness (QED) is 0.372. The van der Waals surface area contributed by atoms with Gasteiger partial charge in [-0.25, -0.2) is 4.98 Å². The highest BCUT2D eigenvalue weighted by atomic mass is 127. The zero-order valence-corrected chi connectivity index (χ0v) is 16.3. The van der Waals surface area contributed by atoms with E-state index in [1.807, 2.05) is 35.0 Å². The summed E-state index contributed by atoms with van der Waals surface area (Å²) in [5.74, 6) is 0.782. The lowest BCUT2D eigenvalue weighted by atomic mass is 10.3. The zero-order valence-electron chi connectivity index (χ0n) is 13.1. The molecule has 0 saturated carbocycles. The van der Waals surface area contributed by atoms with E-state index in [1.54, 1.807) is 18.4 Å². The number of rotatable bonds is 4. The molecule has 3 aromatic heterocycles. The lowest BCUT2D eigenvalue weighted by molar-refractivity contribution is 0.802. The van der Waals surface area contributed by atoms with Gasteiger partial charge in [-0.05, 0) is 36.1 Å². The molecule has 0 radical (unpaired) electrons. The molecule has 0 amide bonds. The topological polar surface area (TPSA) is 53.7 Å². The molecule has 0 aliphatic carbocycles. The van der Waals surface area contributed by atoms with Crippen molar-refractivity contribution < 1.29 is 0 Å². The number of aliphatic imine (C=N–C) groups is 1. The van der Waals surface area contributed by atoms with Crippen LogP contribution in [0.4, 0.5) is 0 Å². The first kappa shape index (κ1) is 17.7. The summed E-state index contributed by atoms with van der Waals surface area (Å²) < 4.78 is 2.02. The van der Waals surface area contributed by atoms with Gasteiger partial charge in [-0.3, -0.25) is 4.99 Å². The van der Waals surface area contributed by atoms with Crippen LogP contribution in [-0.2, 0) is 13.1 Å². The fraction of sp³-hybridized carbons (Fsp3) is 0.250. The van der Waals surface area contributed by atoms with Crippen LogP contribution in [0.5, 0.6) is 0 Å². The van der Waals surface area contributed by atoms with Gasteiger partial charge in [0.15, 0.2) is 5.96 Å². The molecule has 0 atom stereocenters. The Morgan fingerprint density at radius 1 is 1.26 bits per heavy atom. The second-order valence-electron chi connectivity index (χ2n) is 5.00. The second-order valence-corrected chi connectivity index (χ2v) is 6.01. The maximum atomic E-state index is 4.56. The normalized spacial score (nSPS) is 11.3. The molecule has 0 saturated heterocycles. The zero-order chi connectivity index (χ0) is 15.4. The maximum absolute atomic E-state index is 4.56. The van der Waals surface area contributed by atoms with E-state index < -0.39 is 0 Å². The van der Waals surface area contributed by atoms with E-state index in [4.69, 9.17) is 0 Å². The van der Waals surface area contributed by atoms with Gasteiger partial charge in [0.2, 0.25) is 0 Å². The minimum Gasteiger partial charge on any atom is -0.352 e. The number of hydrogen-bond acceptors (Lipinski definition) is 3. The summed E-state index contributed by atoms with van der Waals surface area (Å²) in [7, 11) is 1.78. The van der Waals surface area contributed by atoms with Gasteiger partial charge < -0.3 is 15.0 Å². The number of aromatic nitrogens is 2. The smallest absolute Gasteiger partial charge is 0.191 e. The van der Waals surface area contributed by atoms with Crippen LogP contribution in [0, 0.1) is 6.92 Å². The number of aryl methyl sites for hydroxylation is 1. The van der Waals surface area contributed by atoms with Gasteiger partial charge >= 0.3 is 0 Å². The molecular formula is C16H20IN5S. The molecule has 0 unspecified atom stereocenters. The molecule has 122 valence electrons. The predicted molar refractivity (Wildman–Crippen MR) is 107 cm³/mol. The van der Waals surface area contributed by atoms with Crippen molar-refractivity contribution >= 4 is 46.9 Å². The van der Waals surface area contributed by atoms with Crippen LogP contribution < -0.4 is 10.6 Å². The summed E-state index contributed by atoms with van der Waals surface area (Å²) in [4.78, 5) is 10.1. The first-order valence-electron chi connectivity index (χ1n) is 7.16. The van der Waals surface area contributed by atoms with Crippen LogP contribution in [0.25, 0.3) is 5.65 Å². The Labute approximate surface area is 156 Å².